The summed E-state index contributed by atoms with van der Waals surface area (Å²) < 4.78 is 50.9. The van der Waals surface area contributed by atoms with E-state index in [0.29, 0.717) is 24.1 Å². The topological polar surface area (TPSA) is 6.48 Å². The second kappa shape index (κ2) is 6.30. The van der Waals surface area contributed by atoms with Crippen molar-refractivity contribution in [2.75, 3.05) is 37.6 Å². The van der Waals surface area contributed by atoms with Crippen LogP contribution in [0.3, 0.4) is 0 Å². The van der Waals surface area contributed by atoms with Crippen LogP contribution in [0, 0.1) is 5.82 Å². The minimum Gasteiger partial charge on any atom is -0.366 e. The molecule has 112 valence electrons. The Bertz CT molecular complexity index is 456. The number of hydrogen-bond donors (Lipinski definition) is 0. The average Bonchev–Trinajstić information content (AvgIpc) is 2.38. The maximum atomic E-state index is 13.9. The maximum absolute atomic E-state index is 13.9. The fourth-order valence-electron chi connectivity index (χ4n) is 2.41. The molecule has 0 bridgehead atoms. The van der Waals surface area contributed by atoms with Gasteiger partial charge < -0.3 is 4.90 Å². The molecule has 2 nitrogen and oxygen atoms in total. The molecule has 0 spiro atoms. The Balaban J connectivity index is 2.04. The number of anilines is 1. The zero-order chi connectivity index (χ0) is 14.8. The van der Waals surface area contributed by atoms with Crippen LogP contribution in [0.4, 0.5) is 23.2 Å². The summed E-state index contributed by atoms with van der Waals surface area (Å²) in [7, 11) is 0. The summed E-state index contributed by atoms with van der Waals surface area (Å²) >= 11 is 3.31. The van der Waals surface area contributed by atoms with E-state index in [1.54, 1.807) is 6.07 Å². The van der Waals surface area contributed by atoms with Gasteiger partial charge in [-0.15, -0.1) is 0 Å². The van der Waals surface area contributed by atoms with Crippen molar-refractivity contribution in [2.45, 2.75) is 11.5 Å². The molecule has 1 aromatic carbocycles. The number of piperazine rings is 1. The fourth-order valence-corrected chi connectivity index (χ4v) is 2.86. The van der Waals surface area contributed by atoms with E-state index in [1.165, 1.54) is 11.0 Å². The molecule has 0 amide bonds. The monoisotopic (exact) mass is 354 g/mol. The number of benzene rings is 1. The largest absolute Gasteiger partial charge is 0.401 e. The highest BCUT2D eigenvalue weighted by Gasteiger charge is 2.32. The molecule has 0 aromatic heterocycles. The number of rotatable bonds is 3. The molecule has 1 fully saturated rings. The zero-order valence-corrected chi connectivity index (χ0v) is 12.3. The summed E-state index contributed by atoms with van der Waals surface area (Å²) in [4.78, 5) is 3.17. The van der Waals surface area contributed by atoms with Gasteiger partial charge >= 0.3 is 6.18 Å². The SMILES string of the molecule is Fc1cccc(CBr)c1N1CCN(CC(F)(F)F)CC1. The molecule has 0 aliphatic carbocycles. The van der Waals surface area contributed by atoms with Crippen LogP contribution < -0.4 is 4.90 Å². The van der Waals surface area contributed by atoms with E-state index >= 15 is 0 Å². The van der Waals surface area contributed by atoms with Gasteiger partial charge in [0.2, 0.25) is 0 Å². The molecule has 1 saturated heterocycles. The lowest BCUT2D eigenvalue weighted by molar-refractivity contribution is -0.146. The van der Waals surface area contributed by atoms with Crippen LogP contribution in [0.2, 0.25) is 0 Å². The molecule has 1 aliphatic rings. The number of alkyl halides is 4. The first-order valence-corrected chi connectivity index (χ1v) is 7.40. The molecule has 0 saturated carbocycles. The lowest BCUT2D eigenvalue weighted by atomic mass is 10.1. The maximum Gasteiger partial charge on any atom is 0.401 e. The molecule has 2 rings (SSSR count). The van der Waals surface area contributed by atoms with Gasteiger partial charge in [0.25, 0.3) is 0 Å². The minimum atomic E-state index is -4.18. The summed E-state index contributed by atoms with van der Waals surface area (Å²) in [6.45, 7) is 0.475. The quantitative estimate of drug-likeness (QED) is 0.606. The average molecular weight is 355 g/mol. The molecule has 20 heavy (non-hydrogen) atoms. The highest BCUT2D eigenvalue weighted by atomic mass is 79.9. The predicted molar refractivity (Wildman–Crippen MR) is 73.7 cm³/mol. The lowest BCUT2D eigenvalue weighted by Crippen LogP contribution is -2.49. The second-order valence-electron chi connectivity index (χ2n) is 4.76. The van der Waals surface area contributed by atoms with Crippen LogP contribution in [0.15, 0.2) is 18.2 Å². The predicted octanol–water partition coefficient (Wildman–Crippen LogP) is 3.40. The van der Waals surface area contributed by atoms with E-state index in [2.05, 4.69) is 15.9 Å². The Morgan fingerprint density at radius 1 is 1.10 bits per heavy atom. The van der Waals surface area contributed by atoms with E-state index in [4.69, 9.17) is 0 Å². The Labute approximate surface area is 123 Å². The van der Waals surface area contributed by atoms with Crippen molar-refractivity contribution < 1.29 is 17.6 Å². The normalized spacial score (nSPS) is 17.6. The first kappa shape index (κ1) is 15.6. The fraction of sp³-hybridized carbons (Fsp3) is 0.538. The summed E-state index contributed by atoms with van der Waals surface area (Å²) in [6.07, 6.45) is -4.18. The molecule has 1 aromatic rings. The van der Waals surface area contributed by atoms with Crippen LogP contribution in [-0.4, -0.2) is 43.8 Å². The van der Waals surface area contributed by atoms with Crippen molar-refractivity contribution in [3.8, 4) is 0 Å². The molecular weight excluding hydrogens is 340 g/mol. The van der Waals surface area contributed by atoms with Crippen LogP contribution in [0.5, 0.6) is 0 Å². The Hall–Kier alpha value is -0.820. The third kappa shape index (κ3) is 3.85. The number of nitrogens with zero attached hydrogens (tertiary/aromatic N) is 2. The molecule has 0 unspecified atom stereocenters. The van der Waals surface area contributed by atoms with Gasteiger partial charge in [0.15, 0.2) is 0 Å². The van der Waals surface area contributed by atoms with Crippen LogP contribution >= 0.6 is 15.9 Å². The third-order valence-electron chi connectivity index (χ3n) is 3.31. The lowest BCUT2D eigenvalue weighted by Gasteiger charge is -2.37. The molecule has 7 heteroatoms. The Morgan fingerprint density at radius 3 is 2.30 bits per heavy atom. The second-order valence-corrected chi connectivity index (χ2v) is 5.32. The molecule has 1 aliphatic heterocycles. The van der Waals surface area contributed by atoms with E-state index in [9.17, 15) is 17.6 Å². The summed E-state index contributed by atoms with van der Waals surface area (Å²) in [5.41, 5.74) is 1.31. The number of para-hydroxylation sites is 1. The highest BCUT2D eigenvalue weighted by Crippen LogP contribution is 2.28. The van der Waals surface area contributed by atoms with E-state index in [-0.39, 0.29) is 18.9 Å². The van der Waals surface area contributed by atoms with Gasteiger partial charge in [0.1, 0.15) is 5.82 Å². The first-order valence-electron chi connectivity index (χ1n) is 6.28. The van der Waals surface area contributed by atoms with Crippen molar-refractivity contribution in [3.05, 3.63) is 29.6 Å². The zero-order valence-electron chi connectivity index (χ0n) is 10.8. The van der Waals surface area contributed by atoms with Gasteiger partial charge in [-0.25, -0.2) is 4.39 Å². The molecule has 0 N–H and O–H groups in total. The van der Waals surface area contributed by atoms with Gasteiger partial charge in [-0.05, 0) is 11.6 Å². The van der Waals surface area contributed by atoms with Gasteiger partial charge in [-0.3, -0.25) is 4.90 Å². The summed E-state index contributed by atoms with van der Waals surface area (Å²) in [6, 6.07) is 4.83. The van der Waals surface area contributed by atoms with Crippen LogP contribution in [0.25, 0.3) is 0 Å². The first-order chi connectivity index (χ1) is 9.40. The molecule has 1 heterocycles. The molecular formula is C13H15BrF4N2. The van der Waals surface area contributed by atoms with Gasteiger partial charge in [-0.1, -0.05) is 28.1 Å². The minimum absolute atomic E-state index is 0.287. The van der Waals surface area contributed by atoms with Crippen molar-refractivity contribution >= 4 is 21.6 Å². The van der Waals surface area contributed by atoms with Crippen molar-refractivity contribution in [2.24, 2.45) is 0 Å². The Morgan fingerprint density at radius 2 is 1.75 bits per heavy atom. The number of hydrogen-bond acceptors (Lipinski definition) is 2. The van der Waals surface area contributed by atoms with E-state index in [0.717, 1.165) is 5.56 Å². The van der Waals surface area contributed by atoms with Crippen LogP contribution in [0.1, 0.15) is 5.56 Å². The molecule has 0 atom stereocenters. The Kier molecular flexibility index (Phi) is 4.90. The summed E-state index contributed by atoms with van der Waals surface area (Å²) in [5, 5.41) is 0.517. The number of halogens is 5. The van der Waals surface area contributed by atoms with E-state index < -0.39 is 12.7 Å². The standard InChI is InChI=1S/C13H15BrF4N2/c14-8-10-2-1-3-11(15)12(10)20-6-4-19(5-7-20)9-13(16,17)18/h1-3H,4-9H2. The van der Waals surface area contributed by atoms with Gasteiger partial charge in [0.05, 0.1) is 12.2 Å². The van der Waals surface area contributed by atoms with Crippen molar-refractivity contribution in [1.29, 1.82) is 0 Å². The van der Waals surface area contributed by atoms with Gasteiger partial charge in [0, 0.05) is 31.5 Å². The highest BCUT2D eigenvalue weighted by molar-refractivity contribution is 9.08. The van der Waals surface area contributed by atoms with Crippen molar-refractivity contribution in [1.82, 2.24) is 4.90 Å². The van der Waals surface area contributed by atoms with Crippen molar-refractivity contribution in [3.63, 3.8) is 0 Å². The van der Waals surface area contributed by atoms with E-state index in [1.807, 2.05) is 11.0 Å². The van der Waals surface area contributed by atoms with Gasteiger partial charge in [-0.2, -0.15) is 13.2 Å². The summed E-state index contributed by atoms with van der Waals surface area (Å²) in [5.74, 6) is -0.328. The van der Waals surface area contributed by atoms with Crippen LogP contribution in [-0.2, 0) is 5.33 Å². The smallest absolute Gasteiger partial charge is 0.366 e. The third-order valence-corrected chi connectivity index (χ3v) is 3.91. The molecule has 0 radical (unpaired) electrons.